The Morgan fingerprint density at radius 3 is 2.20 bits per heavy atom. The summed E-state index contributed by atoms with van der Waals surface area (Å²) in [6, 6.07) is 4.16. The lowest BCUT2D eigenvalue weighted by atomic mass is 9.95. The second-order valence-electron chi connectivity index (χ2n) is 3.99. The van der Waals surface area contributed by atoms with E-state index in [0.29, 0.717) is 6.42 Å². The molecule has 0 radical (unpaired) electrons. The van der Waals surface area contributed by atoms with Crippen LogP contribution in [-0.2, 0) is 0 Å². The van der Waals surface area contributed by atoms with E-state index in [-0.39, 0.29) is 5.78 Å². The summed E-state index contributed by atoms with van der Waals surface area (Å²) in [5, 5.41) is 0.892. The maximum absolute atomic E-state index is 11.9. The molecule has 82 valence electrons. The maximum Gasteiger partial charge on any atom is 0.163 e. The molecule has 0 unspecified atom stereocenters. The number of rotatable bonds is 4. The summed E-state index contributed by atoms with van der Waals surface area (Å²) in [6.45, 7) is 6.09. The molecule has 0 aliphatic rings. The molecule has 15 heavy (non-hydrogen) atoms. The summed E-state index contributed by atoms with van der Waals surface area (Å²) in [5.41, 5.74) is 4.35. The summed E-state index contributed by atoms with van der Waals surface area (Å²) >= 11 is 3.35. The van der Waals surface area contributed by atoms with Crippen LogP contribution in [0.15, 0.2) is 12.1 Å². The fourth-order valence-electron chi connectivity index (χ4n) is 1.97. The smallest absolute Gasteiger partial charge is 0.163 e. The zero-order chi connectivity index (χ0) is 11.4. The number of Topliss-reactive ketones (excluding diaryl/α,β-unsaturated/α-hetero) is 1. The highest BCUT2D eigenvalue weighted by Crippen LogP contribution is 2.18. The van der Waals surface area contributed by atoms with E-state index in [0.717, 1.165) is 28.4 Å². The number of alkyl halides is 1. The minimum atomic E-state index is 0.268. The lowest BCUT2D eigenvalue weighted by Crippen LogP contribution is -2.05. The van der Waals surface area contributed by atoms with Crippen molar-refractivity contribution in [1.82, 2.24) is 0 Å². The van der Waals surface area contributed by atoms with Gasteiger partial charge in [-0.2, -0.15) is 0 Å². The molecule has 1 nitrogen and oxygen atoms in total. The third-order valence-corrected chi connectivity index (χ3v) is 3.05. The van der Waals surface area contributed by atoms with Gasteiger partial charge in [0.25, 0.3) is 0 Å². The number of hydrogen-bond acceptors (Lipinski definition) is 1. The van der Waals surface area contributed by atoms with E-state index in [1.165, 1.54) is 5.56 Å². The Hall–Kier alpha value is -0.630. The van der Waals surface area contributed by atoms with Gasteiger partial charge in [-0.3, -0.25) is 4.79 Å². The highest BCUT2D eigenvalue weighted by atomic mass is 79.9. The molecule has 1 aromatic carbocycles. The average Bonchev–Trinajstić information content (AvgIpc) is 2.12. The molecule has 0 saturated heterocycles. The van der Waals surface area contributed by atoms with Gasteiger partial charge in [0.05, 0.1) is 0 Å². The number of hydrogen-bond donors (Lipinski definition) is 0. The van der Waals surface area contributed by atoms with Crippen molar-refractivity contribution in [3.63, 3.8) is 0 Å². The van der Waals surface area contributed by atoms with Gasteiger partial charge in [0.2, 0.25) is 0 Å². The van der Waals surface area contributed by atoms with Gasteiger partial charge in [-0.25, -0.2) is 0 Å². The van der Waals surface area contributed by atoms with Crippen molar-refractivity contribution in [3.8, 4) is 0 Å². The summed E-state index contributed by atoms with van der Waals surface area (Å²) in [7, 11) is 0. The zero-order valence-electron chi connectivity index (χ0n) is 9.56. The zero-order valence-corrected chi connectivity index (χ0v) is 11.1. The highest BCUT2D eigenvalue weighted by Gasteiger charge is 2.11. The minimum Gasteiger partial charge on any atom is -0.294 e. The molecule has 0 aliphatic carbocycles. The van der Waals surface area contributed by atoms with Crippen molar-refractivity contribution in [3.05, 3.63) is 34.4 Å². The molecule has 0 aliphatic heterocycles. The molecule has 0 spiro atoms. The summed E-state index contributed by atoms with van der Waals surface area (Å²) in [5.74, 6) is 0.268. The summed E-state index contributed by atoms with van der Waals surface area (Å²) < 4.78 is 0. The van der Waals surface area contributed by atoms with Gasteiger partial charge in [0.15, 0.2) is 5.78 Å². The quantitative estimate of drug-likeness (QED) is 0.597. The number of carbonyl (C=O) groups excluding carboxylic acids is 1. The van der Waals surface area contributed by atoms with Crippen molar-refractivity contribution >= 4 is 21.7 Å². The van der Waals surface area contributed by atoms with Crippen molar-refractivity contribution in [2.24, 2.45) is 0 Å². The third-order valence-electron chi connectivity index (χ3n) is 2.49. The second-order valence-corrected chi connectivity index (χ2v) is 4.78. The predicted octanol–water partition coefficient (Wildman–Crippen LogP) is 3.97. The van der Waals surface area contributed by atoms with Crippen molar-refractivity contribution < 1.29 is 4.79 Å². The number of benzene rings is 1. The first-order valence-corrected chi connectivity index (χ1v) is 6.35. The molecule has 0 heterocycles. The largest absolute Gasteiger partial charge is 0.294 e. The third kappa shape index (κ3) is 3.16. The van der Waals surface area contributed by atoms with E-state index in [2.05, 4.69) is 35.0 Å². The van der Waals surface area contributed by atoms with Gasteiger partial charge in [-0.15, -0.1) is 0 Å². The van der Waals surface area contributed by atoms with Crippen LogP contribution < -0.4 is 0 Å². The molecule has 0 amide bonds. The Labute approximate surface area is 100 Å². The van der Waals surface area contributed by atoms with E-state index in [1.807, 2.05) is 13.8 Å². The van der Waals surface area contributed by atoms with Crippen LogP contribution in [0.1, 0.15) is 39.9 Å². The molecule has 0 N–H and O–H groups in total. The van der Waals surface area contributed by atoms with E-state index in [4.69, 9.17) is 0 Å². The predicted molar refractivity (Wildman–Crippen MR) is 68.0 cm³/mol. The Morgan fingerprint density at radius 1 is 1.20 bits per heavy atom. The normalized spacial score (nSPS) is 10.4. The van der Waals surface area contributed by atoms with Crippen LogP contribution in [0.3, 0.4) is 0 Å². The molecule has 2 heteroatoms. The Bertz CT molecular complexity index is 346. The first-order valence-electron chi connectivity index (χ1n) is 5.23. The van der Waals surface area contributed by atoms with Crippen molar-refractivity contribution in [2.45, 2.75) is 33.6 Å². The van der Waals surface area contributed by atoms with Crippen LogP contribution in [0, 0.1) is 20.8 Å². The standard InChI is InChI=1S/C13H17BrO/c1-9-7-10(2)13(11(3)8-9)12(15)5-4-6-14/h7-8H,4-6H2,1-3H3. The fraction of sp³-hybridized carbons (Fsp3) is 0.462. The Kier molecular flexibility index (Phi) is 4.52. The van der Waals surface area contributed by atoms with Crippen LogP contribution in [0.25, 0.3) is 0 Å². The molecule has 0 atom stereocenters. The molecule has 0 bridgehead atoms. The van der Waals surface area contributed by atoms with Gasteiger partial charge in [-0.05, 0) is 38.3 Å². The topological polar surface area (TPSA) is 17.1 Å². The van der Waals surface area contributed by atoms with E-state index in [9.17, 15) is 4.79 Å². The van der Waals surface area contributed by atoms with Crippen LogP contribution in [0.2, 0.25) is 0 Å². The lowest BCUT2D eigenvalue weighted by Gasteiger charge is -2.09. The number of halogens is 1. The number of carbonyl (C=O) groups is 1. The van der Waals surface area contributed by atoms with Crippen molar-refractivity contribution in [2.75, 3.05) is 5.33 Å². The Balaban J connectivity index is 2.98. The highest BCUT2D eigenvalue weighted by molar-refractivity contribution is 9.09. The van der Waals surface area contributed by atoms with E-state index >= 15 is 0 Å². The molecular formula is C13H17BrO. The number of ketones is 1. The molecule has 0 saturated carbocycles. The summed E-state index contributed by atoms with van der Waals surface area (Å²) in [6.07, 6.45) is 1.54. The monoisotopic (exact) mass is 268 g/mol. The van der Waals surface area contributed by atoms with Gasteiger partial charge in [0.1, 0.15) is 0 Å². The minimum absolute atomic E-state index is 0.268. The fourth-order valence-corrected chi connectivity index (χ4v) is 2.25. The maximum atomic E-state index is 11.9. The van der Waals surface area contributed by atoms with Gasteiger partial charge in [0, 0.05) is 17.3 Å². The molecule has 1 aromatic rings. The second kappa shape index (κ2) is 5.45. The van der Waals surface area contributed by atoms with Gasteiger partial charge < -0.3 is 0 Å². The van der Waals surface area contributed by atoms with E-state index in [1.54, 1.807) is 0 Å². The molecule has 1 rings (SSSR count). The van der Waals surface area contributed by atoms with Crippen LogP contribution >= 0.6 is 15.9 Å². The molecular weight excluding hydrogens is 252 g/mol. The van der Waals surface area contributed by atoms with Gasteiger partial charge >= 0.3 is 0 Å². The average molecular weight is 269 g/mol. The van der Waals surface area contributed by atoms with Crippen LogP contribution in [-0.4, -0.2) is 11.1 Å². The first kappa shape index (κ1) is 12.4. The number of aryl methyl sites for hydroxylation is 3. The van der Waals surface area contributed by atoms with Gasteiger partial charge in [-0.1, -0.05) is 33.6 Å². The first-order chi connectivity index (χ1) is 7.06. The molecule has 0 aromatic heterocycles. The van der Waals surface area contributed by atoms with Crippen LogP contribution in [0.4, 0.5) is 0 Å². The summed E-state index contributed by atoms with van der Waals surface area (Å²) in [4.78, 5) is 11.9. The Morgan fingerprint density at radius 2 is 1.73 bits per heavy atom. The van der Waals surface area contributed by atoms with Crippen LogP contribution in [0.5, 0.6) is 0 Å². The van der Waals surface area contributed by atoms with Crippen molar-refractivity contribution in [1.29, 1.82) is 0 Å². The molecule has 0 fully saturated rings. The lowest BCUT2D eigenvalue weighted by molar-refractivity contribution is 0.0981. The van der Waals surface area contributed by atoms with E-state index < -0.39 is 0 Å². The SMILES string of the molecule is Cc1cc(C)c(C(=O)CCCBr)c(C)c1.